The molecule has 1 saturated heterocycles. The van der Waals surface area contributed by atoms with Crippen LogP contribution in [0.15, 0.2) is 0 Å². The number of hydrogen-bond donors (Lipinski definition) is 2. The van der Waals surface area contributed by atoms with Gasteiger partial charge in [0.1, 0.15) is 0 Å². The summed E-state index contributed by atoms with van der Waals surface area (Å²) in [7, 11) is 0. The lowest BCUT2D eigenvalue weighted by Gasteiger charge is -2.20. The van der Waals surface area contributed by atoms with E-state index in [0.717, 1.165) is 26.0 Å². The lowest BCUT2D eigenvalue weighted by molar-refractivity contribution is 0.102. The summed E-state index contributed by atoms with van der Waals surface area (Å²) in [6.45, 7) is 6.44. The van der Waals surface area contributed by atoms with Gasteiger partial charge in [-0.15, -0.1) is 0 Å². The highest BCUT2D eigenvalue weighted by atomic mass is 16.5. The molecule has 90 valence electrons. The molecule has 0 bridgehead atoms. The quantitative estimate of drug-likeness (QED) is 0.633. The standard InChI is InChI=1S/C12H25NO2/c1-10(2)12(9-14)13-7-3-5-11-6-4-8-15-11/h10-14H,3-9H2,1-2H3. The number of aliphatic hydroxyl groups excluding tert-OH is 1. The lowest BCUT2D eigenvalue weighted by Crippen LogP contribution is -2.37. The Kier molecular flexibility index (Phi) is 6.22. The Hall–Kier alpha value is -0.120. The fourth-order valence-corrected chi connectivity index (χ4v) is 2.00. The minimum atomic E-state index is 0.234. The van der Waals surface area contributed by atoms with Gasteiger partial charge in [-0.1, -0.05) is 13.8 Å². The molecule has 1 fully saturated rings. The van der Waals surface area contributed by atoms with Crippen molar-refractivity contribution in [2.75, 3.05) is 19.8 Å². The summed E-state index contributed by atoms with van der Waals surface area (Å²) in [4.78, 5) is 0. The number of rotatable bonds is 7. The molecule has 0 aromatic rings. The van der Waals surface area contributed by atoms with E-state index in [1.807, 2.05) is 0 Å². The zero-order valence-electron chi connectivity index (χ0n) is 10.0. The fourth-order valence-electron chi connectivity index (χ4n) is 2.00. The van der Waals surface area contributed by atoms with E-state index < -0.39 is 0 Å². The van der Waals surface area contributed by atoms with Gasteiger partial charge in [0.05, 0.1) is 12.7 Å². The Labute approximate surface area is 93.2 Å². The number of nitrogens with one attached hydrogen (secondary N) is 1. The third kappa shape index (κ3) is 4.96. The number of ether oxygens (including phenoxy) is 1. The van der Waals surface area contributed by atoms with Crippen molar-refractivity contribution in [3.05, 3.63) is 0 Å². The first kappa shape index (κ1) is 12.9. The molecule has 1 aliphatic rings. The zero-order valence-corrected chi connectivity index (χ0v) is 10.0. The van der Waals surface area contributed by atoms with E-state index in [4.69, 9.17) is 9.84 Å². The Morgan fingerprint density at radius 2 is 2.27 bits per heavy atom. The normalized spacial score (nSPS) is 23.6. The van der Waals surface area contributed by atoms with Crippen LogP contribution in [0.5, 0.6) is 0 Å². The molecule has 0 aromatic heterocycles. The van der Waals surface area contributed by atoms with E-state index >= 15 is 0 Å². The highest BCUT2D eigenvalue weighted by molar-refractivity contribution is 4.70. The van der Waals surface area contributed by atoms with Gasteiger partial charge in [0.25, 0.3) is 0 Å². The molecule has 2 unspecified atom stereocenters. The molecular weight excluding hydrogens is 190 g/mol. The maximum absolute atomic E-state index is 9.12. The maximum Gasteiger partial charge on any atom is 0.0587 e. The summed E-state index contributed by atoms with van der Waals surface area (Å²) in [5.74, 6) is 0.498. The molecule has 0 spiro atoms. The molecule has 0 saturated carbocycles. The van der Waals surface area contributed by atoms with Crippen LogP contribution in [0, 0.1) is 5.92 Å². The van der Waals surface area contributed by atoms with Gasteiger partial charge in [0.15, 0.2) is 0 Å². The molecule has 3 nitrogen and oxygen atoms in total. The van der Waals surface area contributed by atoms with Gasteiger partial charge in [0.2, 0.25) is 0 Å². The van der Waals surface area contributed by atoms with Crippen molar-refractivity contribution in [2.45, 2.75) is 51.7 Å². The average molecular weight is 215 g/mol. The summed E-state index contributed by atoms with van der Waals surface area (Å²) in [5, 5.41) is 12.5. The maximum atomic E-state index is 9.12. The van der Waals surface area contributed by atoms with E-state index in [1.165, 1.54) is 12.8 Å². The van der Waals surface area contributed by atoms with Crippen molar-refractivity contribution >= 4 is 0 Å². The van der Waals surface area contributed by atoms with Gasteiger partial charge in [-0.2, -0.15) is 0 Å². The summed E-state index contributed by atoms with van der Waals surface area (Å²) in [6.07, 6.45) is 5.26. The summed E-state index contributed by atoms with van der Waals surface area (Å²) in [5.41, 5.74) is 0. The second-order valence-corrected chi connectivity index (χ2v) is 4.76. The molecule has 15 heavy (non-hydrogen) atoms. The van der Waals surface area contributed by atoms with Gasteiger partial charge in [-0.3, -0.25) is 0 Å². The topological polar surface area (TPSA) is 41.5 Å². The summed E-state index contributed by atoms with van der Waals surface area (Å²) in [6, 6.07) is 0.245. The highest BCUT2D eigenvalue weighted by Gasteiger charge is 2.15. The minimum absolute atomic E-state index is 0.234. The SMILES string of the molecule is CC(C)C(CO)NCCCC1CCCO1. The van der Waals surface area contributed by atoms with Crippen LogP contribution in [0.1, 0.15) is 39.5 Å². The summed E-state index contributed by atoms with van der Waals surface area (Å²) < 4.78 is 5.56. The number of aliphatic hydroxyl groups is 1. The van der Waals surface area contributed by atoms with Gasteiger partial charge < -0.3 is 15.2 Å². The molecule has 0 aliphatic carbocycles. The van der Waals surface area contributed by atoms with Gasteiger partial charge in [0, 0.05) is 12.6 Å². The van der Waals surface area contributed by atoms with Crippen LogP contribution in [-0.4, -0.2) is 37.0 Å². The first-order valence-electron chi connectivity index (χ1n) is 6.20. The van der Waals surface area contributed by atoms with Crippen molar-refractivity contribution in [2.24, 2.45) is 5.92 Å². The van der Waals surface area contributed by atoms with E-state index in [-0.39, 0.29) is 12.6 Å². The molecule has 0 aromatic carbocycles. The lowest BCUT2D eigenvalue weighted by atomic mass is 10.1. The van der Waals surface area contributed by atoms with E-state index in [2.05, 4.69) is 19.2 Å². The van der Waals surface area contributed by atoms with Crippen LogP contribution in [0.25, 0.3) is 0 Å². The highest BCUT2D eigenvalue weighted by Crippen LogP contribution is 2.16. The van der Waals surface area contributed by atoms with Crippen molar-refractivity contribution < 1.29 is 9.84 Å². The Balaban J connectivity index is 1.99. The van der Waals surface area contributed by atoms with Crippen LogP contribution in [0.2, 0.25) is 0 Å². The van der Waals surface area contributed by atoms with Gasteiger partial charge >= 0.3 is 0 Å². The second-order valence-electron chi connectivity index (χ2n) is 4.76. The average Bonchev–Trinajstić information content (AvgIpc) is 2.70. The molecule has 0 amide bonds. The first-order valence-corrected chi connectivity index (χ1v) is 6.20. The molecule has 2 atom stereocenters. The van der Waals surface area contributed by atoms with Crippen LogP contribution < -0.4 is 5.32 Å². The van der Waals surface area contributed by atoms with E-state index in [1.54, 1.807) is 0 Å². The zero-order chi connectivity index (χ0) is 11.1. The molecule has 1 rings (SSSR count). The number of hydrogen-bond acceptors (Lipinski definition) is 3. The minimum Gasteiger partial charge on any atom is -0.395 e. The third-order valence-corrected chi connectivity index (χ3v) is 3.13. The Morgan fingerprint density at radius 3 is 2.80 bits per heavy atom. The van der Waals surface area contributed by atoms with Crippen molar-refractivity contribution in [1.82, 2.24) is 5.32 Å². The predicted molar refractivity (Wildman–Crippen MR) is 61.9 cm³/mol. The molecule has 0 radical (unpaired) electrons. The van der Waals surface area contributed by atoms with Gasteiger partial charge in [-0.25, -0.2) is 0 Å². The van der Waals surface area contributed by atoms with Crippen molar-refractivity contribution in [1.29, 1.82) is 0 Å². The molecule has 1 aliphatic heterocycles. The van der Waals surface area contributed by atoms with Crippen molar-refractivity contribution in [3.63, 3.8) is 0 Å². The fraction of sp³-hybridized carbons (Fsp3) is 1.00. The third-order valence-electron chi connectivity index (χ3n) is 3.13. The molecular formula is C12H25NO2. The van der Waals surface area contributed by atoms with Crippen LogP contribution in [-0.2, 0) is 4.74 Å². The smallest absolute Gasteiger partial charge is 0.0587 e. The molecule has 3 heteroatoms. The Bertz CT molecular complexity index is 156. The van der Waals surface area contributed by atoms with Gasteiger partial charge in [-0.05, 0) is 38.1 Å². The predicted octanol–water partition coefficient (Wildman–Crippen LogP) is 1.55. The molecule has 2 N–H and O–H groups in total. The van der Waals surface area contributed by atoms with Crippen LogP contribution >= 0.6 is 0 Å². The largest absolute Gasteiger partial charge is 0.395 e. The van der Waals surface area contributed by atoms with Crippen molar-refractivity contribution in [3.8, 4) is 0 Å². The summed E-state index contributed by atoms with van der Waals surface area (Å²) >= 11 is 0. The molecule has 1 heterocycles. The van der Waals surface area contributed by atoms with Crippen LogP contribution in [0.3, 0.4) is 0 Å². The first-order chi connectivity index (χ1) is 7.24. The van der Waals surface area contributed by atoms with Crippen LogP contribution in [0.4, 0.5) is 0 Å². The Morgan fingerprint density at radius 1 is 1.47 bits per heavy atom. The van der Waals surface area contributed by atoms with E-state index in [9.17, 15) is 0 Å². The van der Waals surface area contributed by atoms with E-state index in [0.29, 0.717) is 12.0 Å². The second kappa shape index (κ2) is 7.20. The monoisotopic (exact) mass is 215 g/mol.